The molecular formula is C21H36N6O4. The van der Waals surface area contributed by atoms with Gasteiger partial charge in [0.15, 0.2) is 0 Å². The monoisotopic (exact) mass is 436 g/mol. The summed E-state index contributed by atoms with van der Waals surface area (Å²) in [4.78, 5) is 33.4. The SMILES string of the molecule is CCOC(=O)/N=C(\NC(CC(C)C)C(=O)NC1(C#N)CCN(C)CC1)N1CCOCC1. The first-order valence-corrected chi connectivity index (χ1v) is 11.0. The average Bonchev–Trinajstić information content (AvgIpc) is 2.75. The number of rotatable bonds is 6. The summed E-state index contributed by atoms with van der Waals surface area (Å²) >= 11 is 0. The van der Waals surface area contributed by atoms with Crippen LogP contribution in [-0.4, -0.2) is 92.4 Å². The number of morpholine rings is 1. The molecule has 2 rings (SSSR count). The third-order valence-electron chi connectivity index (χ3n) is 5.52. The van der Waals surface area contributed by atoms with Crippen LogP contribution in [-0.2, 0) is 14.3 Å². The minimum atomic E-state index is -0.877. The zero-order valence-electron chi connectivity index (χ0n) is 19.1. The topological polar surface area (TPSA) is 119 Å². The molecule has 2 aliphatic heterocycles. The highest BCUT2D eigenvalue weighted by Crippen LogP contribution is 2.21. The number of nitrogens with one attached hydrogen (secondary N) is 2. The predicted molar refractivity (Wildman–Crippen MR) is 116 cm³/mol. The molecule has 0 saturated carbocycles. The Balaban J connectivity index is 2.20. The lowest BCUT2D eigenvalue weighted by Crippen LogP contribution is -2.60. The van der Waals surface area contributed by atoms with E-state index in [0.717, 1.165) is 13.1 Å². The van der Waals surface area contributed by atoms with E-state index in [0.29, 0.717) is 51.5 Å². The molecule has 0 aromatic rings. The van der Waals surface area contributed by atoms with Crippen molar-refractivity contribution in [3.8, 4) is 6.07 Å². The first-order valence-electron chi connectivity index (χ1n) is 11.0. The number of amides is 2. The second kappa shape index (κ2) is 11.9. The molecule has 0 radical (unpaired) electrons. The molecule has 2 saturated heterocycles. The number of carbonyl (C=O) groups excluding carboxylic acids is 2. The number of nitriles is 1. The Hall–Kier alpha value is -2.38. The molecule has 0 aromatic carbocycles. The van der Waals surface area contributed by atoms with Gasteiger partial charge in [-0.25, -0.2) is 4.79 Å². The van der Waals surface area contributed by atoms with Crippen molar-refractivity contribution in [3.05, 3.63) is 0 Å². The fourth-order valence-corrected chi connectivity index (χ4v) is 3.66. The third-order valence-corrected chi connectivity index (χ3v) is 5.52. The number of guanidine groups is 1. The van der Waals surface area contributed by atoms with E-state index in [1.807, 2.05) is 25.8 Å². The normalized spacial score (nSPS) is 20.6. The van der Waals surface area contributed by atoms with Gasteiger partial charge in [0, 0.05) is 26.2 Å². The van der Waals surface area contributed by atoms with Crippen molar-refractivity contribution in [1.82, 2.24) is 20.4 Å². The molecule has 0 aliphatic carbocycles. The van der Waals surface area contributed by atoms with Gasteiger partial charge in [-0.15, -0.1) is 4.99 Å². The fourth-order valence-electron chi connectivity index (χ4n) is 3.66. The second-order valence-electron chi connectivity index (χ2n) is 8.55. The van der Waals surface area contributed by atoms with Crippen LogP contribution in [0.15, 0.2) is 4.99 Å². The largest absolute Gasteiger partial charge is 0.448 e. The molecule has 2 amide bonds. The van der Waals surface area contributed by atoms with E-state index in [-0.39, 0.29) is 18.4 Å². The van der Waals surface area contributed by atoms with Crippen LogP contribution in [0.4, 0.5) is 4.79 Å². The zero-order valence-corrected chi connectivity index (χ0v) is 19.1. The molecule has 1 atom stereocenters. The smallest absolute Gasteiger partial charge is 0.436 e. The summed E-state index contributed by atoms with van der Waals surface area (Å²) in [6.45, 7) is 9.60. The van der Waals surface area contributed by atoms with Crippen molar-refractivity contribution < 1.29 is 19.1 Å². The van der Waals surface area contributed by atoms with Gasteiger partial charge in [0.25, 0.3) is 0 Å². The lowest BCUT2D eigenvalue weighted by molar-refractivity contribution is -0.125. The molecule has 174 valence electrons. The molecule has 0 aromatic heterocycles. The average molecular weight is 437 g/mol. The van der Waals surface area contributed by atoms with Crippen molar-refractivity contribution in [2.24, 2.45) is 10.9 Å². The van der Waals surface area contributed by atoms with E-state index in [1.54, 1.807) is 6.92 Å². The Morgan fingerprint density at radius 1 is 1.23 bits per heavy atom. The van der Waals surface area contributed by atoms with Crippen LogP contribution in [0.5, 0.6) is 0 Å². The van der Waals surface area contributed by atoms with Crippen molar-refractivity contribution in [3.63, 3.8) is 0 Å². The van der Waals surface area contributed by atoms with Gasteiger partial charge in [0.2, 0.25) is 11.9 Å². The lowest BCUT2D eigenvalue weighted by atomic mass is 9.88. The molecule has 0 spiro atoms. The second-order valence-corrected chi connectivity index (χ2v) is 8.55. The van der Waals surface area contributed by atoms with Gasteiger partial charge < -0.3 is 29.9 Å². The molecule has 2 heterocycles. The van der Waals surface area contributed by atoms with Gasteiger partial charge in [0.05, 0.1) is 25.9 Å². The molecule has 10 heteroatoms. The van der Waals surface area contributed by atoms with E-state index >= 15 is 0 Å². The van der Waals surface area contributed by atoms with Gasteiger partial charge in [-0.1, -0.05) is 13.8 Å². The van der Waals surface area contributed by atoms with Gasteiger partial charge >= 0.3 is 6.09 Å². The van der Waals surface area contributed by atoms with Crippen molar-refractivity contribution >= 4 is 18.0 Å². The zero-order chi connectivity index (χ0) is 22.9. The van der Waals surface area contributed by atoms with E-state index in [2.05, 4.69) is 26.6 Å². The summed E-state index contributed by atoms with van der Waals surface area (Å²) in [5, 5.41) is 16.0. The summed E-state index contributed by atoms with van der Waals surface area (Å²) in [5.41, 5.74) is -0.877. The number of aliphatic imine (C=N–C) groups is 1. The third kappa shape index (κ3) is 7.67. The summed E-state index contributed by atoms with van der Waals surface area (Å²) in [6.07, 6.45) is 0.976. The van der Waals surface area contributed by atoms with E-state index in [4.69, 9.17) is 9.47 Å². The number of carbonyl (C=O) groups is 2. The van der Waals surface area contributed by atoms with E-state index < -0.39 is 17.7 Å². The summed E-state index contributed by atoms with van der Waals surface area (Å²) < 4.78 is 10.4. The van der Waals surface area contributed by atoms with Crippen LogP contribution in [0.25, 0.3) is 0 Å². The van der Waals surface area contributed by atoms with Gasteiger partial charge in [-0.3, -0.25) is 4.79 Å². The standard InChI is InChI=1S/C21H36N6O4/c1-5-31-20(29)24-19(27-10-12-30-13-11-27)23-17(14-16(2)3)18(28)25-21(15-22)6-8-26(4)9-7-21/h16-17H,5-14H2,1-4H3,(H,25,28)(H,23,24,29). The van der Waals surface area contributed by atoms with Crippen molar-refractivity contribution in [1.29, 1.82) is 5.26 Å². The van der Waals surface area contributed by atoms with E-state index in [9.17, 15) is 14.9 Å². The Bertz CT molecular complexity index is 676. The summed E-state index contributed by atoms with van der Waals surface area (Å²) in [6, 6.07) is 1.69. The van der Waals surface area contributed by atoms with Crippen LogP contribution >= 0.6 is 0 Å². The van der Waals surface area contributed by atoms with Crippen LogP contribution in [0, 0.1) is 17.2 Å². The van der Waals surface area contributed by atoms with Crippen LogP contribution < -0.4 is 10.6 Å². The summed E-state index contributed by atoms with van der Waals surface area (Å²) in [7, 11) is 2.01. The highest BCUT2D eigenvalue weighted by atomic mass is 16.5. The molecule has 10 nitrogen and oxygen atoms in total. The van der Waals surface area contributed by atoms with Crippen molar-refractivity contribution in [2.45, 2.75) is 51.6 Å². The molecule has 2 aliphatic rings. The first-order chi connectivity index (χ1) is 14.8. The number of hydrogen-bond acceptors (Lipinski definition) is 6. The maximum Gasteiger partial charge on any atom is 0.436 e. The Labute approximate surface area is 184 Å². The van der Waals surface area contributed by atoms with E-state index in [1.165, 1.54) is 0 Å². The number of nitrogens with zero attached hydrogens (tertiary/aromatic N) is 4. The fraction of sp³-hybridized carbons (Fsp3) is 0.810. The number of piperidine rings is 1. The molecule has 0 bridgehead atoms. The Morgan fingerprint density at radius 2 is 1.87 bits per heavy atom. The molecule has 2 fully saturated rings. The highest BCUT2D eigenvalue weighted by molar-refractivity contribution is 5.94. The highest BCUT2D eigenvalue weighted by Gasteiger charge is 2.37. The maximum absolute atomic E-state index is 13.3. The number of ether oxygens (including phenoxy) is 2. The van der Waals surface area contributed by atoms with Gasteiger partial charge in [-0.2, -0.15) is 5.26 Å². The van der Waals surface area contributed by atoms with Crippen molar-refractivity contribution in [2.75, 3.05) is 53.0 Å². The Morgan fingerprint density at radius 3 is 2.42 bits per heavy atom. The molecule has 1 unspecified atom stereocenters. The number of likely N-dealkylation sites (tertiary alicyclic amines) is 1. The quantitative estimate of drug-likeness (QED) is 0.466. The lowest BCUT2D eigenvalue weighted by Gasteiger charge is -2.37. The minimum absolute atomic E-state index is 0.215. The van der Waals surface area contributed by atoms with Crippen LogP contribution in [0.3, 0.4) is 0 Å². The van der Waals surface area contributed by atoms with Gasteiger partial charge in [-0.05, 0) is 39.2 Å². The minimum Gasteiger partial charge on any atom is -0.448 e. The molecule has 31 heavy (non-hydrogen) atoms. The van der Waals surface area contributed by atoms with Gasteiger partial charge in [0.1, 0.15) is 11.6 Å². The molecule has 2 N–H and O–H groups in total. The Kier molecular flexibility index (Phi) is 9.52. The van der Waals surface area contributed by atoms with Crippen LogP contribution in [0.1, 0.15) is 40.0 Å². The first kappa shape index (κ1) is 24.9. The molecular weight excluding hydrogens is 400 g/mol. The van der Waals surface area contributed by atoms with Crippen LogP contribution in [0.2, 0.25) is 0 Å². The predicted octanol–water partition coefficient (Wildman–Crippen LogP) is 0.940. The maximum atomic E-state index is 13.3. The number of hydrogen-bond donors (Lipinski definition) is 2. The summed E-state index contributed by atoms with van der Waals surface area (Å²) in [5.74, 6) is 0.258.